The van der Waals surface area contributed by atoms with E-state index in [1.54, 1.807) is 4.90 Å². The molecule has 0 radical (unpaired) electrons. The number of carbonyl (C=O) groups excluding carboxylic acids is 1. The van der Waals surface area contributed by atoms with Crippen LogP contribution in [0.25, 0.3) is 0 Å². The van der Waals surface area contributed by atoms with Gasteiger partial charge in [-0.2, -0.15) is 0 Å². The highest BCUT2D eigenvalue weighted by atomic mass is 16.6. The van der Waals surface area contributed by atoms with Crippen molar-refractivity contribution in [1.82, 2.24) is 0 Å². The summed E-state index contributed by atoms with van der Waals surface area (Å²) in [6.45, 7) is 14.7. The number of fused-ring (bicyclic) bond motifs is 1. The zero-order valence-electron chi connectivity index (χ0n) is 14.8. The number of amides is 1. The molecule has 122 valence electrons. The Balaban J connectivity index is 2.50. The second-order valence-electron chi connectivity index (χ2n) is 7.97. The number of para-hydroxylation sites is 1. The molecule has 1 aromatic carbocycles. The van der Waals surface area contributed by atoms with Crippen molar-refractivity contribution in [2.45, 2.75) is 65.5 Å². The third-order valence-electron chi connectivity index (χ3n) is 3.60. The SMILES string of the molecule is CC(C)c1cccc2c1N(C(=O)OC(C)(C)C)CC(C)(C)N2. The van der Waals surface area contributed by atoms with Crippen molar-refractivity contribution >= 4 is 17.5 Å². The van der Waals surface area contributed by atoms with Crippen LogP contribution in [0.1, 0.15) is 59.9 Å². The highest BCUT2D eigenvalue weighted by Crippen LogP contribution is 2.40. The Labute approximate surface area is 133 Å². The minimum Gasteiger partial charge on any atom is -0.443 e. The molecule has 1 aromatic rings. The molecule has 0 aliphatic carbocycles. The van der Waals surface area contributed by atoms with Crippen molar-refractivity contribution in [3.05, 3.63) is 23.8 Å². The number of rotatable bonds is 1. The Morgan fingerprint density at radius 3 is 2.50 bits per heavy atom. The minimum atomic E-state index is -0.501. The molecule has 1 heterocycles. The monoisotopic (exact) mass is 304 g/mol. The standard InChI is InChI=1S/C18H28N2O2/c1-12(2)13-9-8-10-14-15(13)20(11-18(6,7)19-14)16(21)22-17(3,4)5/h8-10,12,19H,11H2,1-7H3. The second kappa shape index (κ2) is 5.49. The van der Waals surface area contributed by atoms with E-state index in [1.165, 1.54) is 0 Å². The molecule has 1 amide bonds. The van der Waals surface area contributed by atoms with E-state index < -0.39 is 5.60 Å². The van der Waals surface area contributed by atoms with Gasteiger partial charge >= 0.3 is 6.09 Å². The molecule has 1 aliphatic rings. The minimum absolute atomic E-state index is 0.195. The van der Waals surface area contributed by atoms with Gasteiger partial charge in [-0.1, -0.05) is 26.0 Å². The molecule has 0 saturated carbocycles. The number of anilines is 2. The smallest absolute Gasteiger partial charge is 0.414 e. The number of carbonyl (C=O) groups is 1. The lowest BCUT2D eigenvalue weighted by Crippen LogP contribution is -2.52. The molecule has 0 spiro atoms. The van der Waals surface area contributed by atoms with Crippen molar-refractivity contribution in [2.75, 3.05) is 16.8 Å². The molecule has 0 fully saturated rings. The molecule has 0 aromatic heterocycles. The predicted octanol–water partition coefficient (Wildman–Crippen LogP) is 4.76. The Morgan fingerprint density at radius 1 is 1.32 bits per heavy atom. The summed E-state index contributed by atoms with van der Waals surface area (Å²) in [5.74, 6) is 0.336. The van der Waals surface area contributed by atoms with E-state index in [0.717, 1.165) is 16.9 Å². The molecule has 0 saturated heterocycles. The number of hydrogen-bond donors (Lipinski definition) is 1. The Hall–Kier alpha value is -1.71. The number of ether oxygens (including phenoxy) is 1. The second-order valence-corrected chi connectivity index (χ2v) is 7.97. The van der Waals surface area contributed by atoms with Gasteiger partial charge in [0.25, 0.3) is 0 Å². The lowest BCUT2D eigenvalue weighted by atomic mass is 9.93. The molecule has 0 unspecified atom stereocenters. The molecule has 0 atom stereocenters. The summed E-state index contributed by atoms with van der Waals surface area (Å²) in [5.41, 5.74) is 2.41. The molecule has 4 heteroatoms. The van der Waals surface area contributed by atoms with E-state index >= 15 is 0 Å². The van der Waals surface area contributed by atoms with Crippen LogP contribution in [0, 0.1) is 0 Å². The molecule has 2 rings (SSSR count). The number of nitrogens with zero attached hydrogens (tertiary/aromatic N) is 1. The lowest BCUT2D eigenvalue weighted by Gasteiger charge is -2.42. The van der Waals surface area contributed by atoms with Crippen LogP contribution in [-0.4, -0.2) is 23.8 Å². The zero-order chi connectivity index (χ0) is 16.7. The average Bonchev–Trinajstić information content (AvgIpc) is 2.33. The normalized spacial score (nSPS) is 17.0. The maximum Gasteiger partial charge on any atom is 0.414 e. The molecule has 0 bridgehead atoms. The van der Waals surface area contributed by atoms with Crippen LogP contribution >= 0.6 is 0 Å². The summed E-state index contributed by atoms with van der Waals surface area (Å²) in [5, 5.41) is 3.53. The Kier molecular flexibility index (Phi) is 4.16. The van der Waals surface area contributed by atoms with Crippen molar-refractivity contribution in [2.24, 2.45) is 0 Å². The fraction of sp³-hybridized carbons (Fsp3) is 0.611. The number of nitrogens with one attached hydrogen (secondary N) is 1. The van der Waals surface area contributed by atoms with Gasteiger partial charge in [-0.05, 0) is 52.2 Å². The third-order valence-corrected chi connectivity index (χ3v) is 3.60. The van der Waals surface area contributed by atoms with Crippen LogP contribution in [0.4, 0.5) is 16.2 Å². The summed E-state index contributed by atoms with van der Waals surface area (Å²) in [6, 6.07) is 6.15. The summed E-state index contributed by atoms with van der Waals surface area (Å²) >= 11 is 0. The van der Waals surface area contributed by atoms with E-state index in [9.17, 15) is 4.79 Å². The van der Waals surface area contributed by atoms with Gasteiger partial charge in [-0.3, -0.25) is 4.90 Å². The summed E-state index contributed by atoms with van der Waals surface area (Å²) in [4.78, 5) is 14.5. The molecule has 1 aliphatic heterocycles. The van der Waals surface area contributed by atoms with Gasteiger partial charge in [0.15, 0.2) is 0 Å². The van der Waals surface area contributed by atoms with Crippen LogP contribution in [0.15, 0.2) is 18.2 Å². The van der Waals surface area contributed by atoms with Crippen molar-refractivity contribution in [3.8, 4) is 0 Å². The highest BCUT2D eigenvalue weighted by Gasteiger charge is 2.36. The quantitative estimate of drug-likeness (QED) is 0.813. The third kappa shape index (κ3) is 3.54. The first kappa shape index (κ1) is 16.7. The molecule has 22 heavy (non-hydrogen) atoms. The van der Waals surface area contributed by atoms with Crippen LogP contribution in [0.2, 0.25) is 0 Å². The van der Waals surface area contributed by atoms with Crippen LogP contribution < -0.4 is 10.2 Å². The maximum absolute atomic E-state index is 12.7. The topological polar surface area (TPSA) is 41.6 Å². The first-order chi connectivity index (χ1) is 10.0. The Morgan fingerprint density at radius 2 is 1.95 bits per heavy atom. The molecular weight excluding hydrogens is 276 g/mol. The highest BCUT2D eigenvalue weighted by molar-refractivity contribution is 5.95. The van der Waals surface area contributed by atoms with E-state index in [-0.39, 0.29) is 11.6 Å². The van der Waals surface area contributed by atoms with E-state index in [1.807, 2.05) is 32.9 Å². The maximum atomic E-state index is 12.7. The van der Waals surface area contributed by atoms with Gasteiger partial charge in [0.2, 0.25) is 0 Å². The first-order valence-electron chi connectivity index (χ1n) is 7.92. The summed E-state index contributed by atoms with van der Waals surface area (Å²) in [6.07, 6.45) is -0.281. The van der Waals surface area contributed by atoms with Crippen molar-refractivity contribution in [3.63, 3.8) is 0 Å². The van der Waals surface area contributed by atoms with E-state index in [0.29, 0.717) is 12.5 Å². The van der Waals surface area contributed by atoms with Gasteiger partial charge in [-0.25, -0.2) is 4.79 Å². The van der Waals surface area contributed by atoms with Gasteiger partial charge in [0.05, 0.1) is 17.9 Å². The van der Waals surface area contributed by atoms with Gasteiger partial charge in [-0.15, -0.1) is 0 Å². The summed E-state index contributed by atoms with van der Waals surface area (Å²) in [7, 11) is 0. The molecule has 4 nitrogen and oxygen atoms in total. The van der Waals surface area contributed by atoms with Crippen LogP contribution in [0.5, 0.6) is 0 Å². The van der Waals surface area contributed by atoms with Crippen LogP contribution in [0.3, 0.4) is 0 Å². The van der Waals surface area contributed by atoms with E-state index in [4.69, 9.17) is 4.74 Å². The van der Waals surface area contributed by atoms with Crippen molar-refractivity contribution in [1.29, 1.82) is 0 Å². The first-order valence-corrected chi connectivity index (χ1v) is 7.92. The molecule has 1 N–H and O–H groups in total. The predicted molar refractivity (Wildman–Crippen MR) is 91.8 cm³/mol. The average molecular weight is 304 g/mol. The Bertz CT molecular complexity index is 571. The fourth-order valence-corrected chi connectivity index (χ4v) is 2.78. The number of benzene rings is 1. The number of hydrogen-bond acceptors (Lipinski definition) is 3. The van der Waals surface area contributed by atoms with E-state index in [2.05, 4.69) is 39.1 Å². The van der Waals surface area contributed by atoms with Gasteiger partial charge in [0, 0.05) is 5.54 Å². The largest absolute Gasteiger partial charge is 0.443 e. The lowest BCUT2D eigenvalue weighted by molar-refractivity contribution is 0.0573. The molecular formula is C18H28N2O2. The van der Waals surface area contributed by atoms with Gasteiger partial charge < -0.3 is 10.1 Å². The zero-order valence-corrected chi connectivity index (χ0v) is 14.8. The summed E-state index contributed by atoms with van der Waals surface area (Å²) < 4.78 is 5.62. The van der Waals surface area contributed by atoms with Crippen molar-refractivity contribution < 1.29 is 9.53 Å². The van der Waals surface area contributed by atoms with Crippen LogP contribution in [-0.2, 0) is 4.74 Å². The fourth-order valence-electron chi connectivity index (χ4n) is 2.78. The van der Waals surface area contributed by atoms with Gasteiger partial charge in [0.1, 0.15) is 5.60 Å².